The van der Waals surface area contributed by atoms with Gasteiger partial charge in [-0.3, -0.25) is 19.4 Å². The van der Waals surface area contributed by atoms with Gasteiger partial charge in [-0.05, 0) is 67.6 Å². The molecule has 1 atom stereocenters. The van der Waals surface area contributed by atoms with Crippen molar-refractivity contribution in [2.24, 2.45) is 12.5 Å². The molecule has 0 radical (unpaired) electrons. The molecule has 0 fully saturated rings. The van der Waals surface area contributed by atoms with E-state index < -0.39 is 5.41 Å². The molecule has 0 bridgehead atoms. The maximum absolute atomic E-state index is 14.1. The smallest absolute Gasteiger partial charge is 0.241 e. The van der Waals surface area contributed by atoms with Crippen molar-refractivity contribution >= 4 is 52.4 Å². The second-order valence-corrected chi connectivity index (χ2v) is 11.3. The third kappa shape index (κ3) is 5.77. The molecule has 1 aliphatic rings. The van der Waals surface area contributed by atoms with E-state index in [9.17, 15) is 14.4 Å². The van der Waals surface area contributed by atoms with Crippen LogP contribution in [-0.2, 0) is 34.3 Å². The summed E-state index contributed by atoms with van der Waals surface area (Å²) in [5.41, 5.74) is 4.07. The second kappa shape index (κ2) is 12.4. The Hall–Kier alpha value is -4.17. The first-order valence-electron chi connectivity index (χ1n) is 14.1. The van der Waals surface area contributed by atoms with Crippen LogP contribution in [-0.4, -0.2) is 45.8 Å². The number of pyridine rings is 1. The highest BCUT2D eigenvalue weighted by Gasteiger charge is 2.42. The summed E-state index contributed by atoms with van der Waals surface area (Å²) >= 11 is 0. The molecular formula is C33H38ClN5O3. The van der Waals surface area contributed by atoms with Gasteiger partial charge >= 0.3 is 0 Å². The number of hydrogen-bond donors (Lipinski definition) is 1. The van der Waals surface area contributed by atoms with Crippen LogP contribution in [0, 0.1) is 5.41 Å². The van der Waals surface area contributed by atoms with Crippen LogP contribution in [0.5, 0.6) is 0 Å². The topological polar surface area (TPSA) is 87.5 Å². The summed E-state index contributed by atoms with van der Waals surface area (Å²) in [7, 11) is 3.69. The lowest BCUT2D eigenvalue weighted by Crippen LogP contribution is -2.43. The number of nitrogens with zero attached hydrogens (tertiary/aromatic N) is 4. The summed E-state index contributed by atoms with van der Waals surface area (Å²) < 4.78 is 2.06. The number of nitrogens with one attached hydrogen (secondary N) is 1. The minimum absolute atomic E-state index is 0. The Kier molecular flexibility index (Phi) is 9.06. The van der Waals surface area contributed by atoms with Gasteiger partial charge in [0.15, 0.2) is 0 Å². The molecule has 2 aromatic heterocycles. The zero-order valence-electron chi connectivity index (χ0n) is 24.8. The lowest BCUT2D eigenvalue weighted by molar-refractivity contribution is -0.136. The van der Waals surface area contributed by atoms with Crippen LogP contribution in [0.25, 0.3) is 10.9 Å². The van der Waals surface area contributed by atoms with Crippen molar-refractivity contribution in [1.82, 2.24) is 14.5 Å². The van der Waals surface area contributed by atoms with Crippen molar-refractivity contribution < 1.29 is 14.4 Å². The van der Waals surface area contributed by atoms with Crippen molar-refractivity contribution in [1.29, 1.82) is 0 Å². The SMILES string of the molecule is CCC(c1ccc2c(c1)N(C)C(=O)C(C)(C)C(=O)N2)N(CCc1cccnc1)C(=O)Cc1cn(C)c2ccccc12.Cl. The van der Waals surface area contributed by atoms with Gasteiger partial charge in [0.2, 0.25) is 17.7 Å². The first-order chi connectivity index (χ1) is 19.6. The van der Waals surface area contributed by atoms with Crippen LogP contribution >= 0.6 is 12.4 Å². The molecule has 0 saturated carbocycles. The lowest BCUT2D eigenvalue weighted by Gasteiger charge is -2.33. The molecule has 0 spiro atoms. The molecule has 1 aliphatic heterocycles. The van der Waals surface area contributed by atoms with Crippen LogP contribution in [0.15, 0.2) is 73.2 Å². The van der Waals surface area contributed by atoms with Crippen molar-refractivity contribution in [2.75, 3.05) is 23.8 Å². The van der Waals surface area contributed by atoms with Gasteiger partial charge in [0.1, 0.15) is 5.41 Å². The number of anilines is 2. The fourth-order valence-electron chi connectivity index (χ4n) is 5.76. The second-order valence-electron chi connectivity index (χ2n) is 11.3. The van der Waals surface area contributed by atoms with Crippen LogP contribution in [0.1, 0.15) is 49.9 Å². The Morgan fingerprint density at radius 2 is 1.83 bits per heavy atom. The fraction of sp³-hybridized carbons (Fsp3) is 0.333. The van der Waals surface area contributed by atoms with Crippen LogP contribution < -0.4 is 10.2 Å². The molecule has 1 unspecified atom stereocenters. The van der Waals surface area contributed by atoms with E-state index in [1.165, 1.54) is 0 Å². The zero-order valence-corrected chi connectivity index (χ0v) is 25.6. The number of carbonyl (C=O) groups excluding carboxylic acids is 3. The van der Waals surface area contributed by atoms with E-state index >= 15 is 0 Å². The van der Waals surface area contributed by atoms with Crippen LogP contribution in [0.4, 0.5) is 11.4 Å². The van der Waals surface area contributed by atoms with Crippen molar-refractivity contribution in [2.45, 2.75) is 46.1 Å². The van der Waals surface area contributed by atoms with Gasteiger partial charge < -0.3 is 19.7 Å². The average molecular weight is 588 g/mol. The molecule has 2 aromatic carbocycles. The molecule has 3 amide bonds. The molecular weight excluding hydrogens is 550 g/mol. The van der Waals surface area contributed by atoms with E-state index in [2.05, 4.69) is 33.9 Å². The van der Waals surface area contributed by atoms with Gasteiger partial charge in [0, 0.05) is 50.1 Å². The number of rotatable bonds is 8. The molecule has 42 heavy (non-hydrogen) atoms. The van der Waals surface area contributed by atoms with Crippen molar-refractivity contribution in [3.8, 4) is 0 Å². The minimum Gasteiger partial charge on any atom is -0.350 e. The van der Waals surface area contributed by atoms with E-state index in [1.54, 1.807) is 32.0 Å². The van der Waals surface area contributed by atoms with Gasteiger partial charge in [-0.1, -0.05) is 37.3 Å². The van der Waals surface area contributed by atoms with Gasteiger partial charge in [0.05, 0.1) is 23.8 Å². The Labute approximate surface area is 253 Å². The van der Waals surface area contributed by atoms with E-state index in [0.29, 0.717) is 30.8 Å². The van der Waals surface area contributed by atoms with Gasteiger partial charge in [0.25, 0.3) is 0 Å². The average Bonchev–Trinajstić information content (AvgIpc) is 3.27. The largest absolute Gasteiger partial charge is 0.350 e. The number of aryl methyl sites for hydroxylation is 1. The molecule has 5 rings (SSSR count). The number of halogens is 1. The molecule has 8 nitrogen and oxygen atoms in total. The maximum atomic E-state index is 14.1. The van der Waals surface area contributed by atoms with Crippen molar-refractivity contribution in [3.05, 3.63) is 89.9 Å². The normalized spacial score (nSPS) is 14.9. The molecule has 9 heteroatoms. The molecule has 220 valence electrons. The predicted octanol–water partition coefficient (Wildman–Crippen LogP) is 5.70. The van der Waals surface area contributed by atoms with Gasteiger partial charge in [-0.25, -0.2) is 0 Å². The molecule has 4 aromatic rings. The van der Waals surface area contributed by atoms with E-state index in [4.69, 9.17) is 0 Å². The first kappa shape index (κ1) is 30.8. The summed E-state index contributed by atoms with van der Waals surface area (Å²) in [5.74, 6) is -0.582. The highest BCUT2D eigenvalue weighted by atomic mass is 35.5. The van der Waals surface area contributed by atoms with Gasteiger partial charge in [-0.2, -0.15) is 0 Å². The quantitative estimate of drug-likeness (QED) is 0.268. The summed E-state index contributed by atoms with van der Waals surface area (Å²) in [5, 5.41) is 3.99. The van der Waals surface area contributed by atoms with E-state index in [1.807, 2.05) is 66.8 Å². The predicted molar refractivity (Wildman–Crippen MR) is 169 cm³/mol. The number of para-hydroxylation sites is 1. The Balaban J connectivity index is 0.00000405. The van der Waals surface area contributed by atoms with E-state index in [0.717, 1.165) is 27.6 Å². The van der Waals surface area contributed by atoms with Crippen LogP contribution in [0.3, 0.4) is 0 Å². The summed E-state index contributed by atoms with van der Waals surface area (Å²) in [6.45, 7) is 5.85. The van der Waals surface area contributed by atoms with Crippen LogP contribution in [0.2, 0.25) is 0 Å². The minimum atomic E-state index is -1.19. The molecule has 0 aliphatic carbocycles. The zero-order chi connectivity index (χ0) is 29.3. The first-order valence-corrected chi connectivity index (χ1v) is 14.1. The summed E-state index contributed by atoms with van der Waals surface area (Å²) in [4.78, 5) is 47.9. The number of aromatic nitrogens is 2. The lowest BCUT2D eigenvalue weighted by atomic mass is 9.91. The molecule has 0 saturated heterocycles. The third-order valence-electron chi connectivity index (χ3n) is 8.19. The summed E-state index contributed by atoms with van der Waals surface area (Å²) in [6, 6.07) is 17.6. The number of fused-ring (bicyclic) bond motifs is 2. The Morgan fingerprint density at radius 3 is 2.55 bits per heavy atom. The standard InChI is InChI=1S/C33H37N5O3.ClH/c1-6-27(23-13-14-26-29(18-23)37(5)32(41)33(2,3)31(40)35-26)38(17-15-22-10-9-16-34-20-22)30(39)19-24-21-36(4)28-12-8-7-11-25(24)28;/h7-14,16,18,20-21,27H,6,15,17,19H2,1-5H3,(H,35,40);1H. The van der Waals surface area contributed by atoms with Crippen molar-refractivity contribution in [3.63, 3.8) is 0 Å². The number of benzene rings is 2. The van der Waals surface area contributed by atoms with Gasteiger partial charge in [-0.15, -0.1) is 12.4 Å². The van der Waals surface area contributed by atoms with E-state index in [-0.39, 0.29) is 42.6 Å². The Morgan fingerprint density at radius 1 is 1.07 bits per heavy atom. The monoisotopic (exact) mass is 587 g/mol. The number of hydrogen-bond acceptors (Lipinski definition) is 4. The maximum Gasteiger partial charge on any atom is 0.241 e. The highest BCUT2D eigenvalue weighted by Crippen LogP contribution is 2.38. The number of carbonyl (C=O) groups is 3. The molecule has 3 heterocycles. The Bertz CT molecular complexity index is 1610. The summed E-state index contributed by atoms with van der Waals surface area (Å²) in [6.07, 6.45) is 7.24. The molecule has 1 N–H and O–H groups in total. The highest BCUT2D eigenvalue weighted by molar-refractivity contribution is 6.19. The number of amides is 3. The fourth-order valence-corrected chi connectivity index (χ4v) is 5.76. The third-order valence-corrected chi connectivity index (χ3v) is 8.19.